The topological polar surface area (TPSA) is 137 Å². The largest absolute Gasteiger partial charge is 0.457 e. The number of aliphatic hydroxyl groups excluding tert-OH is 1. The molecule has 39 heavy (non-hydrogen) atoms. The van der Waals surface area contributed by atoms with E-state index in [9.17, 15) is 14.7 Å². The fourth-order valence-corrected chi connectivity index (χ4v) is 3.99. The predicted octanol–water partition coefficient (Wildman–Crippen LogP) is 4.67. The number of nitriles is 1. The maximum Gasteiger partial charge on any atom is 0.410 e. The van der Waals surface area contributed by atoms with Gasteiger partial charge in [-0.3, -0.25) is 9.88 Å². The van der Waals surface area contributed by atoms with Crippen molar-refractivity contribution < 1.29 is 24.2 Å². The number of rotatable bonds is 7. The number of nitrogens with zero attached hydrogens (tertiary/aromatic N) is 5. The first-order valence-corrected chi connectivity index (χ1v) is 12.4. The Morgan fingerprint density at radius 2 is 2.10 bits per heavy atom. The van der Waals surface area contributed by atoms with Gasteiger partial charge in [0, 0.05) is 18.0 Å². The summed E-state index contributed by atoms with van der Waals surface area (Å²) >= 11 is 0. The number of esters is 1. The van der Waals surface area contributed by atoms with E-state index in [-0.39, 0.29) is 25.5 Å². The maximum atomic E-state index is 13.1. The fraction of sp³-hybridized carbons (Fsp3) is 0.379. The van der Waals surface area contributed by atoms with Crippen LogP contribution in [0.5, 0.6) is 0 Å². The van der Waals surface area contributed by atoms with E-state index in [0.717, 1.165) is 22.3 Å². The van der Waals surface area contributed by atoms with Crippen LogP contribution in [0.4, 0.5) is 4.79 Å². The molecule has 1 aliphatic rings. The molecule has 1 aromatic carbocycles. The molecule has 1 amide bonds. The molecule has 1 atom stereocenters. The van der Waals surface area contributed by atoms with Crippen LogP contribution in [0.3, 0.4) is 0 Å². The Labute approximate surface area is 228 Å². The number of aromatic nitrogens is 1. The summed E-state index contributed by atoms with van der Waals surface area (Å²) in [6, 6.07) is 7.17. The number of allylic oxidation sites excluding steroid dienone is 1. The first-order chi connectivity index (χ1) is 18.3. The number of carbonyl (C=O) groups is 2. The molecule has 1 aliphatic heterocycles. The Morgan fingerprint density at radius 1 is 1.38 bits per heavy atom. The van der Waals surface area contributed by atoms with Crippen molar-refractivity contribution in [3.05, 3.63) is 69.7 Å². The standard InChI is InChI=1S/C29H33N5O5/c1-17-10-24(32-13-20(17)11-30)18(2)12-33-26(31-7)15-34(28(37)39-29(4,5)6)14-25(35)21-8-9-22-23(19(21)3)16-38-27(22)36/h8-10,12-13,25,35H,7,14-16H2,1-6H3/b18-12+,33-26?/t25-/m0/s1. The molecular formula is C29H33N5O5. The molecule has 0 aliphatic carbocycles. The number of carbonyl (C=O) groups excluding carboxylic acids is 2. The van der Waals surface area contributed by atoms with Crippen molar-refractivity contribution >= 4 is 30.2 Å². The van der Waals surface area contributed by atoms with Crippen LogP contribution in [0.1, 0.15) is 77.7 Å². The van der Waals surface area contributed by atoms with E-state index < -0.39 is 23.8 Å². The number of pyridine rings is 1. The highest BCUT2D eigenvalue weighted by Gasteiger charge is 2.29. The number of hydrogen-bond donors (Lipinski definition) is 1. The molecule has 0 fully saturated rings. The van der Waals surface area contributed by atoms with Crippen molar-refractivity contribution in [1.29, 1.82) is 5.26 Å². The van der Waals surface area contributed by atoms with Crippen LogP contribution in [-0.4, -0.2) is 58.3 Å². The zero-order valence-corrected chi connectivity index (χ0v) is 23.1. The second kappa shape index (κ2) is 12.0. The van der Waals surface area contributed by atoms with E-state index in [0.29, 0.717) is 22.4 Å². The Kier molecular flexibility index (Phi) is 8.99. The van der Waals surface area contributed by atoms with Gasteiger partial charge in [-0.15, -0.1) is 0 Å². The molecule has 3 rings (SSSR count). The van der Waals surface area contributed by atoms with E-state index in [2.05, 4.69) is 27.8 Å². The molecule has 0 bridgehead atoms. The summed E-state index contributed by atoms with van der Waals surface area (Å²) in [4.78, 5) is 39.0. The third-order valence-electron chi connectivity index (χ3n) is 6.17. The van der Waals surface area contributed by atoms with Crippen molar-refractivity contribution in [2.75, 3.05) is 13.1 Å². The molecule has 0 radical (unpaired) electrons. The second-order valence-electron chi connectivity index (χ2n) is 10.3. The molecule has 204 valence electrons. The van der Waals surface area contributed by atoms with Crippen molar-refractivity contribution in [3.63, 3.8) is 0 Å². The molecule has 0 saturated carbocycles. The SMILES string of the molecule is C=NC(CN(C[C@H](O)c1ccc2c(c1C)COC2=O)C(=O)OC(C)(C)C)=N/C=C(\C)c1cc(C)c(C#N)cn1. The number of aliphatic hydroxyl groups is 1. The molecule has 2 heterocycles. The highest BCUT2D eigenvalue weighted by Crippen LogP contribution is 2.29. The average molecular weight is 532 g/mol. The molecule has 0 spiro atoms. The van der Waals surface area contributed by atoms with E-state index in [4.69, 9.17) is 14.7 Å². The number of cyclic esters (lactones) is 1. The summed E-state index contributed by atoms with van der Waals surface area (Å²) in [5.74, 6) is -0.167. The average Bonchev–Trinajstić information content (AvgIpc) is 3.26. The normalized spacial score (nSPS) is 14.3. The number of aliphatic imine (C=N–C) groups is 2. The summed E-state index contributed by atoms with van der Waals surface area (Å²) in [7, 11) is 0. The van der Waals surface area contributed by atoms with Gasteiger partial charge in [-0.1, -0.05) is 6.07 Å². The summed E-state index contributed by atoms with van der Waals surface area (Å²) in [6.07, 6.45) is 1.34. The number of ether oxygens (including phenoxy) is 2. The van der Waals surface area contributed by atoms with Crippen LogP contribution in [0.2, 0.25) is 0 Å². The number of amides is 1. The van der Waals surface area contributed by atoms with Gasteiger partial charge < -0.3 is 14.6 Å². The smallest absolute Gasteiger partial charge is 0.410 e. The van der Waals surface area contributed by atoms with E-state index in [1.165, 1.54) is 11.1 Å². The summed E-state index contributed by atoms with van der Waals surface area (Å²) < 4.78 is 10.7. The Morgan fingerprint density at radius 3 is 2.72 bits per heavy atom. The Hall–Kier alpha value is -4.36. The van der Waals surface area contributed by atoms with Crippen LogP contribution in [0, 0.1) is 25.2 Å². The second-order valence-corrected chi connectivity index (χ2v) is 10.3. The number of fused-ring (bicyclic) bond motifs is 1. The van der Waals surface area contributed by atoms with Crippen LogP contribution in [0.25, 0.3) is 5.57 Å². The Bertz CT molecular complexity index is 1400. The number of aryl methyl sites for hydroxylation is 1. The van der Waals surface area contributed by atoms with Crippen LogP contribution in [0.15, 0.2) is 40.6 Å². The van der Waals surface area contributed by atoms with E-state index in [1.54, 1.807) is 45.2 Å². The quantitative estimate of drug-likeness (QED) is 0.311. The minimum Gasteiger partial charge on any atom is -0.457 e. The molecule has 10 nitrogen and oxygen atoms in total. The number of benzene rings is 1. The van der Waals surface area contributed by atoms with E-state index in [1.807, 2.05) is 20.8 Å². The van der Waals surface area contributed by atoms with Gasteiger partial charge in [0.2, 0.25) is 0 Å². The lowest BCUT2D eigenvalue weighted by molar-refractivity contribution is 0.0179. The zero-order chi connectivity index (χ0) is 28.9. The van der Waals surface area contributed by atoms with Crippen molar-refractivity contribution in [2.45, 2.75) is 59.9 Å². The first kappa shape index (κ1) is 29.2. The third-order valence-corrected chi connectivity index (χ3v) is 6.17. The number of hydrogen-bond acceptors (Lipinski definition) is 8. The first-order valence-electron chi connectivity index (χ1n) is 12.4. The zero-order valence-electron chi connectivity index (χ0n) is 23.1. The van der Waals surface area contributed by atoms with Crippen molar-refractivity contribution in [2.24, 2.45) is 9.98 Å². The van der Waals surface area contributed by atoms with Gasteiger partial charge in [0.05, 0.1) is 36.0 Å². The summed E-state index contributed by atoms with van der Waals surface area (Å²) in [6.45, 7) is 14.2. The van der Waals surface area contributed by atoms with Crippen LogP contribution in [-0.2, 0) is 16.1 Å². The number of amidine groups is 1. The van der Waals surface area contributed by atoms with Gasteiger partial charge in [-0.25, -0.2) is 19.6 Å². The Balaban J connectivity index is 1.87. The minimum atomic E-state index is -1.08. The maximum absolute atomic E-state index is 13.1. The molecule has 0 saturated heterocycles. The van der Waals surface area contributed by atoms with Crippen LogP contribution < -0.4 is 0 Å². The van der Waals surface area contributed by atoms with Crippen molar-refractivity contribution in [3.8, 4) is 6.07 Å². The van der Waals surface area contributed by atoms with Gasteiger partial charge in [0.15, 0.2) is 0 Å². The van der Waals surface area contributed by atoms with Gasteiger partial charge in [-0.05, 0) is 82.7 Å². The molecule has 1 aromatic heterocycles. The minimum absolute atomic E-state index is 0.0787. The lowest BCUT2D eigenvalue weighted by atomic mass is 9.95. The van der Waals surface area contributed by atoms with Gasteiger partial charge >= 0.3 is 12.1 Å². The summed E-state index contributed by atoms with van der Waals surface area (Å²) in [5, 5.41) is 20.3. The van der Waals surface area contributed by atoms with Gasteiger partial charge in [-0.2, -0.15) is 5.26 Å². The monoisotopic (exact) mass is 531 g/mol. The highest BCUT2D eigenvalue weighted by molar-refractivity contribution is 5.94. The van der Waals surface area contributed by atoms with Gasteiger partial charge in [0.25, 0.3) is 0 Å². The lowest BCUT2D eigenvalue weighted by Crippen LogP contribution is -2.41. The molecule has 2 aromatic rings. The molecule has 1 N–H and O–H groups in total. The third kappa shape index (κ3) is 7.15. The van der Waals surface area contributed by atoms with Crippen molar-refractivity contribution in [1.82, 2.24) is 9.88 Å². The fourth-order valence-electron chi connectivity index (χ4n) is 3.99. The predicted molar refractivity (Wildman–Crippen MR) is 147 cm³/mol. The van der Waals surface area contributed by atoms with Gasteiger partial charge in [0.1, 0.15) is 24.1 Å². The summed E-state index contributed by atoms with van der Waals surface area (Å²) in [5.41, 5.74) is 4.39. The van der Waals surface area contributed by atoms with Crippen LogP contribution >= 0.6 is 0 Å². The molecule has 10 heteroatoms. The lowest BCUT2D eigenvalue weighted by Gasteiger charge is -2.29. The molecule has 0 unspecified atom stereocenters. The van der Waals surface area contributed by atoms with E-state index >= 15 is 0 Å². The highest BCUT2D eigenvalue weighted by atomic mass is 16.6. The molecular weight excluding hydrogens is 498 g/mol.